The number of fused-ring (bicyclic) bond motifs is 1. The summed E-state index contributed by atoms with van der Waals surface area (Å²) in [5.41, 5.74) is 1.62. The lowest BCUT2D eigenvalue weighted by Gasteiger charge is -2.19. The first-order chi connectivity index (χ1) is 5.29. The molecule has 2 rings (SSSR count). The Morgan fingerprint density at radius 3 is 3.27 bits per heavy atom. The van der Waals surface area contributed by atoms with Crippen LogP contribution in [0.4, 0.5) is 4.48 Å². The monoisotopic (exact) mass is 172 g/mol. The Morgan fingerprint density at radius 1 is 1.64 bits per heavy atom. The molecule has 2 aliphatic rings. The van der Waals surface area contributed by atoms with E-state index >= 15 is 0 Å². The van der Waals surface area contributed by atoms with Crippen molar-refractivity contribution >= 4 is 17.3 Å². The van der Waals surface area contributed by atoms with E-state index in [4.69, 9.17) is 11.6 Å². The SMILES string of the molecule is FN1CCC2=NC=CC2=C1Cl. The van der Waals surface area contributed by atoms with E-state index < -0.39 is 0 Å². The number of halogens is 2. The van der Waals surface area contributed by atoms with Crippen molar-refractivity contribution in [1.29, 1.82) is 0 Å². The largest absolute Gasteiger partial charge is 0.260 e. The maximum Gasteiger partial charge on any atom is 0.143 e. The highest BCUT2D eigenvalue weighted by molar-refractivity contribution is 6.32. The van der Waals surface area contributed by atoms with E-state index in [-0.39, 0.29) is 5.16 Å². The third kappa shape index (κ3) is 0.959. The number of hydrogen-bond acceptors (Lipinski definition) is 2. The van der Waals surface area contributed by atoms with Crippen molar-refractivity contribution in [1.82, 2.24) is 5.12 Å². The molecule has 0 saturated carbocycles. The lowest BCUT2D eigenvalue weighted by Crippen LogP contribution is -2.23. The summed E-state index contributed by atoms with van der Waals surface area (Å²) < 4.78 is 12.8. The molecule has 0 aromatic carbocycles. The zero-order valence-corrected chi connectivity index (χ0v) is 6.48. The van der Waals surface area contributed by atoms with Gasteiger partial charge in [-0.2, -0.15) is 5.12 Å². The molecule has 0 unspecified atom stereocenters. The summed E-state index contributed by atoms with van der Waals surface area (Å²) in [7, 11) is 0. The second kappa shape index (κ2) is 2.34. The van der Waals surface area contributed by atoms with Gasteiger partial charge in [-0.25, -0.2) is 0 Å². The molecule has 0 amide bonds. The first kappa shape index (κ1) is 6.85. The number of nitrogens with zero attached hydrogens (tertiary/aromatic N) is 2. The summed E-state index contributed by atoms with van der Waals surface area (Å²) in [5.74, 6) is 0. The first-order valence-electron chi connectivity index (χ1n) is 3.36. The van der Waals surface area contributed by atoms with Crippen LogP contribution in [0.3, 0.4) is 0 Å². The van der Waals surface area contributed by atoms with Crippen LogP contribution in [0.5, 0.6) is 0 Å². The van der Waals surface area contributed by atoms with Gasteiger partial charge in [-0.3, -0.25) is 4.99 Å². The Balaban J connectivity index is 2.45. The summed E-state index contributed by atoms with van der Waals surface area (Å²) in [4.78, 5) is 4.04. The van der Waals surface area contributed by atoms with Crippen LogP contribution in [0, 0.1) is 0 Å². The van der Waals surface area contributed by atoms with Gasteiger partial charge >= 0.3 is 0 Å². The highest BCUT2D eigenvalue weighted by Crippen LogP contribution is 2.27. The second-order valence-corrected chi connectivity index (χ2v) is 2.79. The summed E-state index contributed by atoms with van der Waals surface area (Å²) in [6.45, 7) is 0.308. The van der Waals surface area contributed by atoms with E-state index in [1.807, 2.05) is 0 Å². The van der Waals surface area contributed by atoms with Crippen LogP contribution in [0.2, 0.25) is 0 Å². The molecule has 0 aromatic heterocycles. The van der Waals surface area contributed by atoms with E-state index in [9.17, 15) is 4.48 Å². The molecule has 0 aromatic rings. The van der Waals surface area contributed by atoms with E-state index in [2.05, 4.69) is 4.99 Å². The van der Waals surface area contributed by atoms with Gasteiger partial charge in [-0.1, -0.05) is 16.1 Å². The summed E-state index contributed by atoms with van der Waals surface area (Å²) in [6, 6.07) is 0. The predicted octanol–water partition coefficient (Wildman–Crippen LogP) is 2.00. The van der Waals surface area contributed by atoms with Gasteiger partial charge in [0.15, 0.2) is 0 Å². The van der Waals surface area contributed by atoms with Gasteiger partial charge in [0.05, 0.1) is 12.3 Å². The maximum absolute atomic E-state index is 12.8. The quantitative estimate of drug-likeness (QED) is 0.403. The molecule has 0 aliphatic carbocycles. The molecular weight excluding hydrogens is 167 g/mol. The Labute approximate surface area is 68.6 Å². The molecule has 2 heterocycles. The van der Waals surface area contributed by atoms with Crippen LogP contribution in [-0.2, 0) is 0 Å². The molecule has 4 heteroatoms. The van der Waals surface area contributed by atoms with Crippen LogP contribution in [-0.4, -0.2) is 17.4 Å². The van der Waals surface area contributed by atoms with Crippen molar-refractivity contribution in [3.05, 3.63) is 23.0 Å². The van der Waals surface area contributed by atoms with Crippen molar-refractivity contribution in [3.63, 3.8) is 0 Å². The van der Waals surface area contributed by atoms with Gasteiger partial charge in [0.25, 0.3) is 0 Å². The first-order valence-corrected chi connectivity index (χ1v) is 3.73. The van der Waals surface area contributed by atoms with Crippen molar-refractivity contribution in [3.8, 4) is 0 Å². The molecule has 11 heavy (non-hydrogen) atoms. The van der Waals surface area contributed by atoms with Crippen LogP contribution >= 0.6 is 11.6 Å². The smallest absolute Gasteiger partial charge is 0.143 e. The molecule has 0 N–H and O–H groups in total. The second-order valence-electron chi connectivity index (χ2n) is 2.43. The lowest BCUT2D eigenvalue weighted by molar-refractivity contribution is 0.0827. The van der Waals surface area contributed by atoms with E-state index in [1.165, 1.54) is 0 Å². The standard InChI is InChI=1S/C7H6ClFN2/c8-7-5-1-3-10-6(5)2-4-11(7)9/h1,3H,2,4H2. The van der Waals surface area contributed by atoms with Crippen LogP contribution in [0.25, 0.3) is 0 Å². The van der Waals surface area contributed by atoms with Gasteiger partial charge in [0.1, 0.15) is 5.16 Å². The molecule has 2 aliphatic heterocycles. The topological polar surface area (TPSA) is 15.6 Å². The number of aliphatic imine (C=N–C) groups is 1. The Kier molecular flexibility index (Phi) is 1.46. The minimum Gasteiger partial charge on any atom is -0.260 e. The van der Waals surface area contributed by atoms with Crippen molar-refractivity contribution in [2.75, 3.05) is 6.54 Å². The minimum absolute atomic E-state index is 0.156. The van der Waals surface area contributed by atoms with Crippen LogP contribution < -0.4 is 0 Å². The van der Waals surface area contributed by atoms with Gasteiger partial charge in [-0.15, -0.1) is 0 Å². The third-order valence-electron chi connectivity index (χ3n) is 1.76. The van der Waals surface area contributed by atoms with Crippen molar-refractivity contribution in [2.24, 2.45) is 4.99 Å². The van der Waals surface area contributed by atoms with Gasteiger partial charge in [0.2, 0.25) is 0 Å². The molecular formula is C7H6ClFN2. The molecule has 58 valence electrons. The average molecular weight is 173 g/mol. The fourth-order valence-electron chi connectivity index (χ4n) is 1.19. The summed E-state index contributed by atoms with van der Waals surface area (Å²) in [5, 5.41) is 0.703. The molecule has 0 bridgehead atoms. The third-order valence-corrected chi connectivity index (χ3v) is 2.15. The summed E-state index contributed by atoms with van der Waals surface area (Å²) >= 11 is 5.67. The molecule has 0 spiro atoms. The highest BCUT2D eigenvalue weighted by atomic mass is 35.5. The van der Waals surface area contributed by atoms with Crippen LogP contribution in [0.15, 0.2) is 28.0 Å². The fraction of sp³-hybridized carbons (Fsp3) is 0.286. The van der Waals surface area contributed by atoms with Gasteiger partial charge in [-0.05, 0) is 6.08 Å². The van der Waals surface area contributed by atoms with Crippen molar-refractivity contribution in [2.45, 2.75) is 6.42 Å². The zero-order valence-electron chi connectivity index (χ0n) is 5.72. The number of hydrogen-bond donors (Lipinski definition) is 0. The Hall–Kier alpha value is -0.830. The molecule has 0 fully saturated rings. The molecule has 0 radical (unpaired) electrons. The van der Waals surface area contributed by atoms with Gasteiger partial charge in [0, 0.05) is 18.2 Å². The minimum atomic E-state index is 0.156. The van der Waals surface area contributed by atoms with Gasteiger partial charge < -0.3 is 0 Å². The Morgan fingerprint density at radius 2 is 2.45 bits per heavy atom. The molecule has 2 nitrogen and oxygen atoms in total. The van der Waals surface area contributed by atoms with E-state index in [0.717, 1.165) is 11.3 Å². The Bertz CT molecular complexity index is 280. The summed E-state index contributed by atoms with van der Waals surface area (Å²) in [6.07, 6.45) is 4.00. The average Bonchev–Trinajstić information content (AvgIpc) is 2.45. The highest BCUT2D eigenvalue weighted by Gasteiger charge is 2.23. The predicted molar refractivity (Wildman–Crippen MR) is 41.9 cm³/mol. The lowest BCUT2D eigenvalue weighted by atomic mass is 10.1. The zero-order chi connectivity index (χ0) is 7.84. The normalized spacial score (nSPS) is 22.4. The van der Waals surface area contributed by atoms with Crippen LogP contribution in [0.1, 0.15) is 6.42 Å². The maximum atomic E-state index is 12.8. The fourth-order valence-corrected chi connectivity index (χ4v) is 1.44. The molecule has 0 atom stereocenters. The van der Waals surface area contributed by atoms with E-state index in [0.29, 0.717) is 18.1 Å². The van der Waals surface area contributed by atoms with E-state index in [1.54, 1.807) is 12.3 Å². The number of allylic oxidation sites excluding steroid dienone is 2. The van der Waals surface area contributed by atoms with Crippen molar-refractivity contribution < 1.29 is 4.48 Å². The molecule has 0 saturated heterocycles. The number of rotatable bonds is 0.